The molecule has 0 spiro atoms. The van der Waals surface area contributed by atoms with Crippen LogP contribution in [-0.2, 0) is 0 Å². The van der Waals surface area contributed by atoms with Crippen molar-refractivity contribution in [2.45, 2.75) is 25.3 Å². The van der Waals surface area contributed by atoms with Crippen molar-refractivity contribution in [2.75, 3.05) is 14.2 Å². The Balaban J connectivity index is 2.47. The normalized spacial score (nSPS) is 16.5. The number of nitrogens with two attached hydrogens (primary N) is 1. The third-order valence-corrected chi connectivity index (χ3v) is 3.27. The second-order valence-electron chi connectivity index (χ2n) is 4.46. The number of carbonyl (C=O) groups excluding carboxylic acids is 1. The highest BCUT2D eigenvalue weighted by molar-refractivity contribution is 6.07. The lowest BCUT2D eigenvalue weighted by Crippen LogP contribution is -2.33. The Morgan fingerprint density at radius 2 is 1.94 bits per heavy atom. The number of benzene rings is 1. The molecule has 17 heavy (non-hydrogen) atoms. The summed E-state index contributed by atoms with van der Waals surface area (Å²) in [7, 11) is 3.14. The van der Waals surface area contributed by atoms with E-state index >= 15 is 0 Å². The molecule has 0 radical (unpaired) electrons. The first kappa shape index (κ1) is 11.9. The van der Waals surface area contributed by atoms with Gasteiger partial charge in [-0.3, -0.25) is 4.79 Å². The van der Waals surface area contributed by atoms with E-state index in [-0.39, 0.29) is 5.78 Å². The van der Waals surface area contributed by atoms with Crippen LogP contribution in [0.15, 0.2) is 12.1 Å². The Bertz CT molecular complexity index is 464. The molecule has 1 aliphatic carbocycles. The second kappa shape index (κ2) is 4.04. The molecule has 1 aliphatic rings. The van der Waals surface area contributed by atoms with Gasteiger partial charge in [-0.15, -0.1) is 0 Å². The van der Waals surface area contributed by atoms with Crippen LogP contribution < -0.4 is 15.2 Å². The van der Waals surface area contributed by atoms with Gasteiger partial charge in [0.05, 0.1) is 25.3 Å². The van der Waals surface area contributed by atoms with E-state index in [4.69, 9.17) is 15.2 Å². The summed E-state index contributed by atoms with van der Waals surface area (Å²) in [6.45, 7) is 1.87. The molecule has 0 amide bonds. The molecule has 4 heteroatoms. The predicted octanol–water partition coefficient (Wildman–Crippen LogP) is 1.69. The van der Waals surface area contributed by atoms with E-state index in [1.807, 2.05) is 6.92 Å². The highest BCUT2D eigenvalue weighted by Gasteiger charge is 2.47. The zero-order valence-corrected chi connectivity index (χ0v) is 10.4. The zero-order valence-electron chi connectivity index (χ0n) is 10.4. The minimum absolute atomic E-state index is 0.0416. The lowest BCUT2D eigenvalue weighted by molar-refractivity contribution is 0.0946. The van der Waals surface area contributed by atoms with E-state index in [2.05, 4.69) is 0 Å². The smallest absolute Gasteiger partial charge is 0.186 e. The average Bonchev–Trinajstić information content (AvgIpc) is 3.07. The molecule has 1 aromatic carbocycles. The molecule has 1 fully saturated rings. The number of ether oxygens (including phenoxy) is 2. The second-order valence-corrected chi connectivity index (χ2v) is 4.46. The molecule has 1 saturated carbocycles. The lowest BCUT2D eigenvalue weighted by atomic mass is 9.99. The predicted molar refractivity (Wildman–Crippen MR) is 64.8 cm³/mol. The van der Waals surface area contributed by atoms with Crippen molar-refractivity contribution in [1.82, 2.24) is 0 Å². The Labute approximate surface area is 101 Å². The molecule has 2 N–H and O–H groups in total. The number of ketones is 1. The largest absolute Gasteiger partial charge is 0.496 e. The molecule has 1 aromatic rings. The lowest BCUT2D eigenvalue weighted by Gasteiger charge is -2.15. The molecule has 0 aromatic heterocycles. The van der Waals surface area contributed by atoms with Gasteiger partial charge in [-0.25, -0.2) is 0 Å². The number of carbonyl (C=O) groups is 1. The molecule has 0 saturated heterocycles. The quantitative estimate of drug-likeness (QED) is 0.807. The van der Waals surface area contributed by atoms with Gasteiger partial charge in [0.2, 0.25) is 0 Å². The van der Waals surface area contributed by atoms with E-state index in [1.54, 1.807) is 26.4 Å². The third kappa shape index (κ3) is 1.89. The van der Waals surface area contributed by atoms with E-state index in [0.29, 0.717) is 17.1 Å². The zero-order chi connectivity index (χ0) is 12.6. The molecular weight excluding hydrogens is 218 g/mol. The highest BCUT2D eigenvalue weighted by atomic mass is 16.5. The SMILES string of the molecule is COc1ccc(C(=O)C2(N)CC2)c(OC)c1C. The maximum absolute atomic E-state index is 12.2. The van der Waals surface area contributed by atoms with Crippen molar-refractivity contribution in [3.63, 3.8) is 0 Å². The molecule has 0 unspecified atom stereocenters. The standard InChI is InChI=1S/C13H17NO3/c1-8-10(16-2)5-4-9(11(8)17-3)12(15)13(14)6-7-13/h4-5H,6-7,14H2,1-3H3. The number of hydrogen-bond donors (Lipinski definition) is 1. The summed E-state index contributed by atoms with van der Waals surface area (Å²) in [6, 6.07) is 3.50. The first-order valence-corrected chi connectivity index (χ1v) is 5.59. The first-order valence-electron chi connectivity index (χ1n) is 5.59. The molecule has 0 aliphatic heterocycles. The number of rotatable bonds is 4. The van der Waals surface area contributed by atoms with Crippen molar-refractivity contribution in [3.8, 4) is 11.5 Å². The van der Waals surface area contributed by atoms with Crippen molar-refractivity contribution in [1.29, 1.82) is 0 Å². The molecule has 0 bridgehead atoms. The van der Waals surface area contributed by atoms with Crippen LogP contribution in [0.3, 0.4) is 0 Å². The fourth-order valence-electron chi connectivity index (χ4n) is 1.97. The average molecular weight is 235 g/mol. The Morgan fingerprint density at radius 3 is 2.41 bits per heavy atom. The first-order chi connectivity index (χ1) is 8.03. The number of Topliss-reactive ketones (excluding diaryl/α,β-unsaturated/α-hetero) is 1. The molecule has 0 atom stereocenters. The number of methoxy groups -OCH3 is 2. The van der Waals surface area contributed by atoms with Crippen LogP contribution in [0.5, 0.6) is 11.5 Å². The molecule has 2 rings (SSSR count). The Morgan fingerprint density at radius 1 is 1.29 bits per heavy atom. The van der Waals surface area contributed by atoms with E-state index < -0.39 is 5.54 Å². The maximum atomic E-state index is 12.2. The fraction of sp³-hybridized carbons (Fsp3) is 0.462. The van der Waals surface area contributed by atoms with Gasteiger partial charge >= 0.3 is 0 Å². The fourth-order valence-corrected chi connectivity index (χ4v) is 1.97. The van der Waals surface area contributed by atoms with Gasteiger partial charge in [0.25, 0.3) is 0 Å². The van der Waals surface area contributed by atoms with Gasteiger partial charge in [-0.05, 0) is 31.9 Å². The van der Waals surface area contributed by atoms with Gasteiger partial charge in [-0.1, -0.05) is 0 Å². The third-order valence-electron chi connectivity index (χ3n) is 3.27. The number of hydrogen-bond acceptors (Lipinski definition) is 4. The highest BCUT2D eigenvalue weighted by Crippen LogP contribution is 2.40. The van der Waals surface area contributed by atoms with Crippen LogP contribution in [0.2, 0.25) is 0 Å². The summed E-state index contributed by atoms with van der Waals surface area (Å²) in [4.78, 5) is 12.2. The van der Waals surface area contributed by atoms with E-state index in [9.17, 15) is 4.79 Å². The van der Waals surface area contributed by atoms with Crippen molar-refractivity contribution >= 4 is 5.78 Å². The van der Waals surface area contributed by atoms with Gasteiger partial charge in [-0.2, -0.15) is 0 Å². The summed E-state index contributed by atoms with van der Waals surface area (Å²) in [6.07, 6.45) is 1.50. The van der Waals surface area contributed by atoms with Crippen molar-refractivity contribution in [3.05, 3.63) is 23.3 Å². The van der Waals surface area contributed by atoms with Gasteiger partial charge in [0, 0.05) is 5.56 Å². The summed E-state index contributed by atoms with van der Waals surface area (Å²) >= 11 is 0. The van der Waals surface area contributed by atoms with Crippen LogP contribution >= 0.6 is 0 Å². The molecule has 4 nitrogen and oxygen atoms in total. The minimum Gasteiger partial charge on any atom is -0.496 e. The summed E-state index contributed by atoms with van der Waals surface area (Å²) in [5.41, 5.74) is 6.63. The van der Waals surface area contributed by atoms with Crippen LogP contribution in [0.25, 0.3) is 0 Å². The van der Waals surface area contributed by atoms with E-state index in [1.165, 1.54) is 0 Å². The maximum Gasteiger partial charge on any atom is 0.186 e. The van der Waals surface area contributed by atoms with E-state index in [0.717, 1.165) is 18.4 Å². The Hall–Kier alpha value is -1.55. The van der Waals surface area contributed by atoms with Gasteiger partial charge in [0.1, 0.15) is 11.5 Å². The van der Waals surface area contributed by atoms with Crippen LogP contribution in [0, 0.1) is 6.92 Å². The van der Waals surface area contributed by atoms with Crippen molar-refractivity contribution in [2.24, 2.45) is 5.73 Å². The van der Waals surface area contributed by atoms with Gasteiger partial charge < -0.3 is 15.2 Å². The summed E-state index contributed by atoms with van der Waals surface area (Å²) in [5, 5.41) is 0. The monoisotopic (exact) mass is 235 g/mol. The van der Waals surface area contributed by atoms with Crippen molar-refractivity contribution < 1.29 is 14.3 Å². The van der Waals surface area contributed by atoms with Crippen LogP contribution in [0.4, 0.5) is 0 Å². The van der Waals surface area contributed by atoms with Crippen LogP contribution in [-0.4, -0.2) is 25.5 Å². The summed E-state index contributed by atoms with van der Waals surface area (Å²) < 4.78 is 10.5. The Kier molecular flexibility index (Phi) is 2.83. The van der Waals surface area contributed by atoms with Crippen LogP contribution in [0.1, 0.15) is 28.8 Å². The topological polar surface area (TPSA) is 61.5 Å². The minimum atomic E-state index is -0.672. The molecular formula is C13H17NO3. The molecule has 0 heterocycles. The summed E-state index contributed by atoms with van der Waals surface area (Å²) in [5.74, 6) is 1.23. The van der Waals surface area contributed by atoms with Gasteiger partial charge in [0.15, 0.2) is 5.78 Å². The molecule has 92 valence electrons.